The Balaban J connectivity index is 1.63. The molecule has 1 unspecified atom stereocenters. The lowest BCUT2D eigenvalue weighted by Crippen LogP contribution is -2.32. The molecule has 0 saturated carbocycles. The van der Waals surface area contributed by atoms with E-state index in [4.69, 9.17) is 14.2 Å². The summed E-state index contributed by atoms with van der Waals surface area (Å²) in [5.74, 6) is -0.326. The number of Topliss-reactive ketones (excluding diaryl/α,β-unsaturated/α-hetero) is 1. The molecular weight excluding hydrogens is 470 g/mol. The van der Waals surface area contributed by atoms with Crippen LogP contribution in [-0.4, -0.2) is 48.6 Å². The minimum Gasteiger partial charge on any atom is -0.507 e. The minimum absolute atomic E-state index is 0.0405. The maximum atomic E-state index is 13.1. The summed E-state index contributed by atoms with van der Waals surface area (Å²) >= 11 is 0. The zero-order valence-corrected chi connectivity index (χ0v) is 21.3. The predicted molar refractivity (Wildman–Crippen MR) is 140 cm³/mol. The lowest BCUT2D eigenvalue weighted by Gasteiger charge is -2.25. The number of likely N-dealkylation sites (tertiary alicyclic amines) is 1. The lowest BCUT2D eigenvalue weighted by molar-refractivity contribution is -0.140. The zero-order chi connectivity index (χ0) is 26.4. The van der Waals surface area contributed by atoms with Crippen LogP contribution in [0.1, 0.15) is 35.2 Å². The fourth-order valence-corrected chi connectivity index (χ4v) is 4.39. The lowest BCUT2D eigenvalue weighted by atomic mass is 9.95. The Morgan fingerprint density at radius 1 is 0.946 bits per heavy atom. The number of ketones is 1. The van der Waals surface area contributed by atoms with Gasteiger partial charge in [0.2, 0.25) is 0 Å². The SMILES string of the molecule is CCOc1ccc(C2/C(=C(\O)c3ccc(OCc4cccc(C)c4)cc3)C(=O)C(=O)N2CCOC)cc1. The summed E-state index contributed by atoms with van der Waals surface area (Å²) < 4.78 is 16.6. The molecule has 1 fully saturated rings. The van der Waals surface area contributed by atoms with E-state index in [-0.39, 0.29) is 24.5 Å². The van der Waals surface area contributed by atoms with Gasteiger partial charge in [-0.1, -0.05) is 42.0 Å². The van der Waals surface area contributed by atoms with E-state index in [0.717, 1.165) is 11.1 Å². The molecule has 0 bridgehead atoms. The first-order chi connectivity index (χ1) is 17.9. The second-order valence-electron chi connectivity index (χ2n) is 8.79. The van der Waals surface area contributed by atoms with Crippen molar-refractivity contribution in [1.82, 2.24) is 4.90 Å². The van der Waals surface area contributed by atoms with Crippen molar-refractivity contribution in [3.05, 3.63) is 101 Å². The van der Waals surface area contributed by atoms with Gasteiger partial charge in [-0.15, -0.1) is 0 Å². The van der Waals surface area contributed by atoms with Gasteiger partial charge in [-0.3, -0.25) is 9.59 Å². The average molecular weight is 502 g/mol. The number of aryl methyl sites for hydroxylation is 1. The summed E-state index contributed by atoms with van der Waals surface area (Å²) in [6.07, 6.45) is 0. The average Bonchev–Trinajstić information content (AvgIpc) is 3.16. The molecule has 1 aliphatic heterocycles. The van der Waals surface area contributed by atoms with Gasteiger partial charge >= 0.3 is 0 Å². The smallest absolute Gasteiger partial charge is 0.295 e. The molecule has 1 amide bonds. The molecule has 1 saturated heterocycles. The van der Waals surface area contributed by atoms with Crippen molar-refractivity contribution >= 4 is 17.4 Å². The number of nitrogens with zero attached hydrogens (tertiary/aromatic N) is 1. The van der Waals surface area contributed by atoms with Crippen LogP contribution in [0.5, 0.6) is 11.5 Å². The van der Waals surface area contributed by atoms with Crippen molar-refractivity contribution in [3.63, 3.8) is 0 Å². The Hall–Kier alpha value is -4.10. The van der Waals surface area contributed by atoms with E-state index in [1.54, 1.807) is 48.5 Å². The Bertz CT molecular complexity index is 1280. The molecule has 1 N–H and O–H groups in total. The molecule has 7 nitrogen and oxygen atoms in total. The van der Waals surface area contributed by atoms with Crippen LogP contribution in [0.4, 0.5) is 0 Å². The molecule has 3 aromatic carbocycles. The van der Waals surface area contributed by atoms with Gasteiger partial charge in [0.25, 0.3) is 11.7 Å². The van der Waals surface area contributed by atoms with E-state index in [1.807, 2.05) is 32.0 Å². The molecule has 192 valence electrons. The van der Waals surface area contributed by atoms with E-state index in [1.165, 1.54) is 12.0 Å². The summed E-state index contributed by atoms with van der Waals surface area (Å²) in [6.45, 7) is 5.33. The van der Waals surface area contributed by atoms with Crippen molar-refractivity contribution in [1.29, 1.82) is 0 Å². The second kappa shape index (κ2) is 11.8. The number of rotatable bonds is 10. The number of amides is 1. The van der Waals surface area contributed by atoms with Crippen molar-refractivity contribution in [2.75, 3.05) is 26.9 Å². The number of methoxy groups -OCH3 is 1. The molecule has 0 radical (unpaired) electrons. The van der Waals surface area contributed by atoms with Gasteiger partial charge in [0.05, 0.1) is 24.8 Å². The first-order valence-electron chi connectivity index (χ1n) is 12.2. The highest BCUT2D eigenvalue weighted by Crippen LogP contribution is 2.39. The fourth-order valence-electron chi connectivity index (χ4n) is 4.39. The van der Waals surface area contributed by atoms with Gasteiger partial charge in [-0.05, 0) is 61.4 Å². The Morgan fingerprint density at radius 2 is 1.62 bits per heavy atom. The van der Waals surface area contributed by atoms with E-state index >= 15 is 0 Å². The highest BCUT2D eigenvalue weighted by atomic mass is 16.5. The highest BCUT2D eigenvalue weighted by Gasteiger charge is 2.45. The molecule has 1 aliphatic rings. The van der Waals surface area contributed by atoms with E-state index < -0.39 is 17.7 Å². The monoisotopic (exact) mass is 501 g/mol. The van der Waals surface area contributed by atoms with Crippen molar-refractivity contribution in [3.8, 4) is 11.5 Å². The summed E-state index contributed by atoms with van der Waals surface area (Å²) in [6, 6.07) is 21.3. The molecule has 0 aromatic heterocycles. The van der Waals surface area contributed by atoms with Crippen LogP contribution in [0, 0.1) is 6.92 Å². The van der Waals surface area contributed by atoms with Crippen LogP contribution in [0.2, 0.25) is 0 Å². The Morgan fingerprint density at radius 3 is 2.27 bits per heavy atom. The first kappa shape index (κ1) is 26.0. The van der Waals surface area contributed by atoms with Crippen LogP contribution in [-0.2, 0) is 20.9 Å². The van der Waals surface area contributed by atoms with E-state index in [0.29, 0.717) is 35.8 Å². The second-order valence-corrected chi connectivity index (χ2v) is 8.79. The highest BCUT2D eigenvalue weighted by molar-refractivity contribution is 6.46. The molecule has 37 heavy (non-hydrogen) atoms. The summed E-state index contributed by atoms with van der Waals surface area (Å²) in [7, 11) is 1.53. The largest absolute Gasteiger partial charge is 0.507 e. The van der Waals surface area contributed by atoms with Gasteiger partial charge < -0.3 is 24.2 Å². The number of benzene rings is 3. The number of hydrogen-bond acceptors (Lipinski definition) is 6. The zero-order valence-electron chi connectivity index (χ0n) is 21.3. The van der Waals surface area contributed by atoms with Gasteiger partial charge in [-0.25, -0.2) is 0 Å². The van der Waals surface area contributed by atoms with Crippen LogP contribution in [0.3, 0.4) is 0 Å². The fraction of sp³-hybridized carbons (Fsp3) is 0.267. The summed E-state index contributed by atoms with van der Waals surface area (Å²) in [5, 5.41) is 11.2. The summed E-state index contributed by atoms with van der Waals surface area (Å²) in [4.78, 5) is 27.5. The maximum absolute atomic E-state index is 13.1. The molecule has 1 atom stereocenters. The Kier molecular flexibility index (Phi) is 8.25. The van der Waals surface area contributed by atoms with E-state index in [2.05, 4.69) is 6.07 Å². The number of ether oxygens (including phenoxy) is 3. The minimum atomic E-state index is -0.747. The Labute approximate surface area is 216 Å². The molecule has 4 rings (SSSR count). The van der Waals surface area contributed by atoms with Crippen LogP contribution < -0.4 is 9.47 Å². The maximum Gasteiger partial charge on any atom is 0.295 e. The number of hydrogen-bond donors (Lipinski definition) is 1. The third kappa shape index (κ3) is 5.84. The quantitative estimate of drug-likeness (QED) is 0.238. The summed E-state index contributed by atoms with van der Waals surface area (Å²) in [5.41, 5.74) is 3.37. The number of carbonyl (C=O) groups is 2. The van der Waals surface area contributed by atoms with Gasteiger partial charge in [0.15, 0.2) is 0 Å². The number of aliphatic hydroxyl groups excluding tert-OH is 1. The molecular formula is C30H31NO6. The molecule has 1 heterocycles. The van der Waals surface area contributed by atoms with Gasteiger partial charge in [-0.2, -0.15) is 0 Å². The van der Waals surface area contributed by atoms with Crippen molar-refractivity contribution in [2.24, 2.45) is 0 Å². The number of aliphatic hydroxyl groups is 1. The normalized spacial score (nSPS) is 16.7. The standard InChI is InChI=1S/C30H31NO6/c1-4-36-24-12-8-22(9-13-24)27-26(29(33)30(34)31(27)16-17-35-3)28(32)23-10-14-25(15-11-23)37-19-21-7-5-6-20(2)18-21/h5-15,18,27,32H,4,16-17,19H2,1-3H3/b28-26+. The molecule has 7 heteroatoms. The predicted octanol–water partition coefficient (Wildman–Crippen LogP) is 5.04. The van der Waals surface area contributed by atoms with Crippen molar-refractivity contribution in [2.45, 2.75) is 26.5 Å². The van der Waals surface area contributed by atoms with Crippen LogP contribution in [0.25, 0.3) is 5.76 Å². The third-order valence-electron chi connectivity index (χ3n) is 6.20. The van der Waals surface area contributed by atoms with Gasteiger partial charge in [0, 0.05) is 19.2 Å². The van der Waals surface area contributed by atoms with Crippen LogP contribution in [0.15, 0.2) is 78.4 Å². The first-order valence-corrected chi connectivity index (χ1v) is 12.2. The molecule has 0 spiro atoms. The third-order valence-corrected chi connectivity index (χ3v) is 6.20. The molecule has 0 aliphatic carbocycles. The van der Waals surface area contributed by atoms with Crippen LogP contribution >= 0.6 is 0 Å². The van der Waals surface area contributed by atoms with E-state index in [9.17, 15) is 14.7 Å². The molecule has 3 aromatic rings. The van der Waals surface area contributed by atoms with Gasteiger partial charge in [0.1, 0.15) is 23.9 Å². The van der Waals surface area contributed by atoms with Crippen molar-refractivity contribution < 1.29 is 28.9 Å². The topological polar surface area (TPSA) is 85.3 Å². The number of carbonyl (C=O) groups excluding carboxylic acids is 2.